The zero-order valence-corrected chi connectivity index (χ0v) is 8.50. The van der Waals surface area contributed by atoms with Gasteiger partial charge in [0.2, 0.25) is 0 Å². The fourth-order valence-corrected chi connectivity index (χ4v) is 2.62. The molecule has 0 amide bonds. The van der Waals surface area contributed by atoms with Gasteiger partial charge in [0.05, 0.1) is 6.61 Å². The predicted molar refractivity (Wildman–Crippen MR) is 51.9 cm³/mol. The summed E-state index contributed by atoms with van der Waals surface area (Å²) in [6, 6.07) is 0. The molecule has 1 fully saturated rings. The van der Waals surface area contributed by atoms with Crippen LogP contribution in [0.15, 0.2) is 0 Å². The summed E-state index contributed by atoms with van der Waals surface area (Å²) in [4.78, 5) is 10.2. The molecule has 1 aliphatic rings. The lowest BCUT2D eigenvalue weighted by Gasteiger charge is -2.20. The minimum atomic E-state index is -0.682. The minimum absolute atomic E-state index is 0.480. The third kappa shape index (κ3) is 4.21. The molecule has 2 nitrogen and oxygen atoms in total. The van der Waals surface area contributed by atoms with Crippen LogP contribution in [-0.2, 0) is 4.74 Å². The quantitative estimate of drug-likeness (QED) is 0.668. The Morgan fingerprint density at radius 1 is 1.67 bits per heavy atom. The Kier molecular flexibility index (Phi) is 4.84. The molecule has 1 unspecified atom stereocenters. The lowest BCUT2D eigenvalue weighted by Crippen LogP contribution is -2.13. The molecule has 0 radical (unpaired) electrons. The number of rotatable bonds is 3. The van der Waals surface area contributed by atoms with Gasteiger partial charge in [0.15, 0.2) is 0 Å². The van der Waals surface area contributed by atoms with E-state index in [0.29, 0.717) is 6.61 Å². The lowest BCUT2D eigenvalue weighted by molar-refractivity contribution is 0.165. The van der Waals surface area contributed by atoms with Gasteiger partial charge in [-0.25, -0.2) is 4.79 Å². The molecule has 12 heavy (non-hydrogen) atoms. The van der Waals surface area contributed by atoms with Crippen LogP contribution in [0.1, 0.15) is 19.3 Å². The summed E-state index contributed by atoms with van der Waals surface area (Å²) >= 11 is 7.02. The normalized spacial score (nSPS) is 23.6. The van der Waals surface area contributed by atoms with Crippen LogP contribution in [0.2, 0.25) is 0 Å². The summed E-state index contributed by atoms with van der Waals surface area (Å²) < 4.78 is 4.66. The molecule has 0 saturated carbocycles. The molecule has 0 spiro atoms. The fourth-order valence-electron chi connectivity index (χ4n) is 1.34. The molecule has 0 bridgehead atoms. The average Bonchev–Trinajstić information content (AvgIpc) is 2.05. The van der Waals surface area contributed by atoms with Crippen LogP contribution < -0.4 is 0 Å². The molecule has 0 N–H and O–H groups in total. The second kappa shape index (κ2) is 5.70. The molecule has 1 rings (SSSR count). The zero-order chi connectivity index (χ0) is 8.81. The van der Waals surface area contributed by atoms with Crippen molar-refractivity contribution in [3.05, 3.63) is 0 Å². The Balaban J connectivity index is 2.01. The van der Waals surface area contributed by atoms with Crippen molar-refractivity contribution < 1.29 is 9.53 Å². The van der Waals surface area contributed by atoms with Crippen LogP contribution in [0.25, 0.3) is 0 Å². The molecule has 0 aromatic heterocycles. The van der Waals surface area contributed by atoms with Crippen LogP contribution >= 0.6 is 23.4 Å². The Labute approximate surface area is 82.0 Å². The molecule has 70 valence electrons. The third-order valence-electron chi connectivity index (χ3n) is 2.00. The summed E-state index contributed by atoms with van der Waals surface area (Å²) in [6.45, 7) is 0.480. The first-order valence-corrected chi connectivity index (χ1v) is 5.72. The van der Waals surface area contributed by atoms with Crippen LogP contribution in [-0.4, -0.2) is 23.5 Å². The van der Waals surface area contributed by atoms with Crippen molar-refractivity contribution >= 4 is 28.8 Å². The maximum atomic E-state index is 10.2. The number of hydrogen-bond acceptors (Lipinski definition) is 3. The monoisotopic (exact) mass is 208 g/mol. The van der Waals surface area contributed by atoms with E-state index in [4.69, 9.17) is 11.6 Å². The van der Waals surface area contributed by atoms with Gasteiger partial charge in [-0.15, -0.1) is 0 Å². The van der Waals surface area contributed by atoms with Crippen molar-refractivity contribution in [2.24, 2.45) is 5.92 Å². The van der Waals surface area contributed by atoms with Crippen LogP contribution in [0.3, 0.4) is 0 Å². The van der Waals surface area contributed by atoms with Crippen molar-refractivity contribution in [2.75, 3.05) is 18.1 Å². The van der Waals surface area contributed by atoms with Crippen molar-refractivity contribution in [1.29, 1.82) is 0 Å². The van der Waals surface area contributed by atoms with Gasteiger partial charge in [-0.3, -0.25) is 0 Å². The third-order valence-corrected chi connectivity index (χ3v) is 3.39. The molecule has 1 aliphatic heterocycles. The number of hydrogen-bond donors (Lipinski definition) is 0. The Bertz CT molecular complexity index is 146. The van der Waals surface area contributed by atoms with Gasteiger partial charge in [-0.05, 0) is 36.7 Å². The summed E-state index contributed by atoms with van der Waals surface area (Å²) in [5.41, 5.74) is -0.682. The second-order valence-electron chi connectivity index (χ2n) is 2.96. The molecule has 0 aliphatic carbocycles. The van der Waals surface area contributed by atoms with E-state index in [0.717, 1.165) is 12.3 Å². The van der Waals surface area contributed by atoms with Crippen molar-refractivity contribution in [2.45, 2.75) is 19.3 Å². The molecule has 1 saturated heterocycles. The van der Waals surface area contributed by atoms with E-state index in [9.17, 15) is 4.79 Å². The van der Waals surface area contributed by atoms with Gasteiger partial charge in [0.25, 0.3) is 0 Å². The van der Waals surface area contributed by atoms with Crippen LogP contribution in [0.4, 0.5) is 4.79 Å². The van der Waals surface area contributed by atoms with Crippen molar-refractivity contribution in [3.63, 3.8) is 0 Å². The van der Waals surface area contributed by atoms with E-state index in [2.05, 4.69) is 4.74 Å². The van der Waals surface area contributed by atoms with Crippen molar-refractivity contribution in [1.82, 2.24) is 0 Å². The zero-order valence-electron chi connectivity index (χ0n) is 6.92. The Hall–Kier alpha value is 0.110. The van der Waals surface area contributed by atoms with Gasteiger partial charge in [-0.2, -0.15) is 11.8 Å². The Morgan fingerprint density at radius 2 is 2.50 bits per heavy atom. The molecule has 1 atom stereocenters. The highest BCUT2D eigenvalue weighted by molar-refractivity contribution is 7.99. The maximum absolute atomic E-state index is 10.2. The topological polar surface area (TPSA) is 26.3 Å². The van der Waals surface area contributed by atoms with E-state index in [1.54, 1.807) is 0 Å². The summed E-state index contributed by atoms with van der Waals surface area (Å²) in [5.74, 6) is 3.21. The fraction of sp³-hybridized carbons (Fsp3) is 0.875. The molecular formula is C8H13ClO2S. The van der Waals surface area contributed by atoms with E-state index >= 15 is 0 Å². The van der Waals surface area contributed by atoms with Gasteiger partial charge in [-0.1, -0.05) is 0 Å². The maximum Gasteiger partial charge on any atom is 0.403 e. The van der Waals surface area contributed by atoms with Gasteiger partial charge >= 0.3 is 5.43 Å². The number of halogens is 1. The lowest BCUT2D eigenvalue weighted by atomic mass is 10.0. The molecule has 0 aromatic carbocycles. The highest BCUT2D eigenvalue weighted by Gasteiger charge is 2.13. The molecule has 0 aromatic rings. The number of ether oxygens (including phenoxy) is 1. The number of thioether (sulfide) groups is 1. The SMILES string of the molecule is O=C(Cl)OCCC1CCCSC1. The van der Waals surface area contributed by atoms with Gasteiger partial charge < -0.3 is 4.74 Å². The number of carbonyl (C=O) groups is 1. The van der Waals surface area contributed by atoms with E-state index in [-0.39, 0.29) is 0 Å². The first-order chi connectivity index (χ1) is 5.79. The summed E-state index contributed by atoms with van der Waals surface area (Å²) in [6.07, 6.45) is 3.53. The molecule has 4 heteroatoms. The first-order valence-electron chi connectivity index (χ1n) is 4.19. The molecular weight excluding hydrogens is 196 g/mol. The highest BCUT2D eigenvalue weighted by atomic mass is 35.5. The second-order valence-corrected chi connectivity index (χ2v) is 4.42. The van der Waals surface area contributed by atoms with Gasteiger partial charge in [0, 0.05) is 11.6 Å². The average molecular weight is 209 g/mol. The summed E-state index contributed by atoms with van der Waals surface area (Å²) in [7, 11) is 0. The van der Waals surface area contributed by atoms with Crippen molar-refractivity contribution in [3.8, 4) is 0 Å². The van der Waals surface area contributed by atoms with E-state index < -0.39 is 5.43 Å². The van der Waals surface area contributed by atoms with Crippen LogP contribution in [0.5, 0.6) is 0 Å². The summed E-state index contributed by atoms with van der Waals surface area (Å²) in [5, 5.41) is 0. The standard InChI is InChI=1S/C8H13ClO2S/c9-8(10)11-4-3-7-2-1-5-12-6-7/h7H,1-6H2. The predicted octanol–water partition coefficient (Wildman–Crippen LogP) is 2.90. The van der Waals surface area contributed by atoms with E-state index in [1.807, 2.05) is 11.8 Å². The largest absolute Gasteiger partial charge is 0.454 e. The minimum Gasteiger partial charge on any atom is -0.454 e. The van der Waals surface area contributed by atoms with Crippen LogP contribution in [0, 0.1) is 5.92 Å². The van der Waals surface area contributed by atoms with Gasteiger partial charge in [0.1, 0.15) is 0 Å². The Morgan fingerprint density at radius 3 is 3.08 bits per heavy atom. The smallest absolute Gasteiger partial charge is 0.403 e. The highest BCUT2D eigenvalue weighted by Crippen LogP contribution is 2.24. The van der Waals surface area contributed by atoms with E-state index in [1.165, 1.54) is 24.3 Å². The number of carbonyl (C=O) groups excluding carboxylic acids is 1. The molecule has 1 heterocycles. The first kappa shape index (κ1) is 10.2.